The van der Waals surface area contributed by atoms with Gasteiger partial charge in [0.15, 0.2) is 0 Å². The molecule has 0 aliphatic carbocycles. The van der Waals surface area contributed by atoms with Gasteiger partial charge in [-0.3, -0.25) is 4.79 Å². The predicted molar refractivity (Wildman–Crippen MR) is 96.8 cm³/mol. The Morgan fingerprint density at radius 2 is 1.83 bits per heavy atom. The van der Waals surface area contributed by atoms with Crippen molar-refractivity contribution in [3.05, 3.63) is 53.1 Å². The van der Waals surface area contributed by atoms with Crippen molar-refractivity contribution in [2.75, 3.05) is 18.3 Å². The van der Waals surface area contributed by atoms with Gasteiger partial charge in [-0.1, -0.05) is 29.8 Å². The fourth-order valence-corrected chi connectivity index (χ4v) is 2.60. The van der Waals surface area contributed by atoms with Gasteiger partial charge >= 0.3 is 5.97 Å². The molecule has 1 amide bonds. The third-order valence-corrected chi connectivity index (χ3v) is 3.99. The molecule has 0 radical (unpaired) electrons. The Balaban J connectivity index is 2.14. The van der Waals surface area contributed by atoms with Gasteiger partial charge in [-0.2, -0.15) is 0 Å². The van der Waals surface area contributed by atoms with Crippen LogP contribution in [0.3, 0.4) is 0 Å². The van der Waals surface area contributed by atoms with Gasteiger partial charge in [0.25, 0.3) is 0 Å². The minimum Gasteiger partial charge on any atom is -0.465 e. The van der Waals surface area contributed by atoms with Crippen LogP contribution in [0.5, 0.6) is 0 Å². The molecule has 6 heteroatoms. The van der Waals surface area contributed by atoms with E-state index in [0.29, 0.717) is 35.0 Å². The largest absolute Gasteiger partial charge is 0.465 e. The van der Waals surface area contributed by atoms with Gasteiger partial charge in [-0.15, -0.1) is 11.6 Å². The number of ether oxygens (including phenoxy) is 1. The van der Waals surface area contributed by atoms with Crippen molar-refractivity contribution in [2.45, 2.75) is 12.8 Å². The number of anilines is 1. The molecule has 0 aromatic heterocycles. The minimum atomic E-state index is -0.386. The average molecular weight is 366 g/mol. The van der Waals surface area contributed by atoms with Gasteiger partial charge in [0.2, 0.25) is 5.91 Å². The van der Waals surface area contributed by atoms with Gasteiger partial charge in [0, 0.05) is 23.6 Å². The van der Waals surface area contributed by atoms with Crippen molar-refractivity contribution >= 4 is 40.8 Å². The molecule has 0 saturated heterocycles. The Labute approximate surface area is 150 Å². The summed E-state index contributed by atoms with van der Waals surface area (Å²) in [7, 11) is 1.34. The number of carbonyl (C=O) groups is 2. The Morgan fingerprint density at radius 3 is 2.42 bits per heavy atom. The van der Waals surface area contributed by atoms with Crippen LogP contribution < -0.4 is 5.32 Å². The molecule has 0 atom stereocenters. The van der Waals surface area contributed by atoms with Crippen molar-refractivity contribution in [2.24, 2.45) is 0 Å². The summed E-state index contributed by atoms with van der Waals surface area (Å²) >= 11 is 11.9. The van der Waals surface area contributed by atoms with Crippen LogP contribution >= 0.6 is 23.2 Å². The monoisotopic (exact) mass is 365 g/mol. The van der Waals surface area contributed by atoms with E-state index in [4.69, 9.17) is 23.2 Å². The molecule has 2 aromatic carbocycles. The van der Waals surface area contributed by atoms with E-state index in [0.717, 1.165) is 11.1 Å². The summed E-state index contributed by atoms with van der Waals surface area (Å²) < 4.78 is 4.67. The summed E-state index contributed by atoms with van der Waals surface area (Å²) in [6, 6.07) is 12.3. The van der Waals surface area contributed by atoms with Gasteiger partial charge in [0.1, 0.15) is 0 Å². The smallest absolute Gasteiger partial charge is 0.337 e. The predicted octanol–water partition coefficient (Wildman–Crippen LogP) is 4.75. The molecule has 4 nitrogen and oxygen atoms in total. The Kier molecular flexibility index (Phi) is 6.64. The van der Waals surface area contributed by atoms with Crippen molar-refractivity contribution in [3.63, 3.8) is 0 Å². The first-order valence-electron chi connectivity index (χ1n) is 7.39. The van der Waals surface area contributed by atoms with Crippen LogP contribution in [0.4, 0.5) is 5.69 Å². The molecule has 0 bridgehead atoms. The molecule has 0 unspecified atom stereocenters. The van der Waals surface area contributed by atoms with E-state index in [2.05, 4.69) is 10.1 Å². The van der Waals surface area contributed by atoms with E-state index in [1.54, 1.807) is 36.4 Å². The average Bonchev–Trinajstić information content (AvgIpc) is 2.59. The standard InChI is InChI=1S/C18H17Cl2NO3/c1-24-18(23)13-6-4-12(5-7-13)15-9-8-14(11-16(15)20)21-17(22)3-2-10-19/h4-9,11H,2-3,10H2,1H3,(H,21,22). The summed E-state index contributed by atoms with van der Waals surface area (Å²) in [6.45, 7) is 0. The van der Waals surface area contributed by atoms with E-state index in [-0.39, 0.29) is 11.9 Å². The highest BCUT2D eigenvalue weighted by molar-refractivity contribution is 6.33. The molecule has 2 rings (SSSR count). The zero-order valence-corrected chi connectivity index (χ0v) is 14.7. The van der Waals surface area contributed by atoms with Crippen LogP contribution in [0.1, 0.15) is 23.2 Å². The highest BCUT2D eigenvalue weighted by Gasteiger charge is 2.09. The van der Waals surface area contributed by atoms with Gasteiger partial charge < -0.3 is 10.1 Å². The number of benzene rings is 2. The number of hydrogen-bond donors (Lipinski definition) is 1. The molecule has 126 valence electrons. The lowest BCUT2D eigenvalue weighted by atomic mass is 10.0. The molecule has 24 heavy (non-hydrogen) atoms. The third-order valence-electron chi connectivity index (χ3n) is 3.41. The normalized spacial score (nSPS) is 10.3. The van der Waals surface area contributed by atoms with Crippen molar-refractivity contribution in [1.82, 2.24) is 0 Å². The van der Waals surface area contributed by atoms with Crippen LogP contribution in [0.25, 0.3) is 11.1 Å². The minimum absolute atomic E-state index is 0.0955. The number of hydrogen-bond acceptors (Lipinski definition) is 3. The van der Waals surface area contributed by atoms with Crippen LogP contribution in [-0.2, 0) is 9.53 Å². The van der Waals surface area contributed by atoms with E-state index in [1.807, 2.05) is 6.07 Å². The highest BCUT2D eigenvalue weighted by atomic mass is 35.5. The number of alkyl halides is 1. The number of nitrogens with one attached hydrogen (secondary N) is 1. The van der Waals surface area contributed by atoms with Gasteiger partial charge in [-0.25, -0.2) is 4.79 Å². The first-order chi connectivity index (χ1) is 11.5. The fourth-order valence-electron chi connectivity index (χ4n) is 2.18. The molecule has 0 heterocycles. The van der Waals surface area contributed by atoms with Gasteiger partial charge in [0.05, 0.1) is 17.7 Å². The molecule has 1 N–H and O–H groups in total. The lowest BCUT2D eigenvalue weighted by Crippen LogP contribution is -2.11. The number of carbonyl (C=O) groups excluding carboxylic acids is 2. The zero-order chi connectivity index (χ0) is 17.5. The molecular formula is C18H17Cl2NO3. The number of methoxy groups -OCH3 is 1. The summed E-state index contributed by atoms with van der Waals surface area (Å²) in [5.74, 6) is -0.0288. The van der Waals surface area contributed by atoms with E-state index in [1.165, 1.54) is 7.11 Å². The number of rotatable bonds is 6. The maximum atomic E-state index is 11.7. The number of esters is 1. The molecule has 0 saturated carbocycles. The number of halogens is 2. The Bertz CT molecular complexity index is 730. The van der Waals surface area contributed by atoms with Crippen LogP contribution in [0.2, 0.25) is 5.02 Å². The lowest BCUT2D eigenvalue weighted by Gasteiger charge is -2.09. The van der Waals surface area contributed by atoms with E-state index in [9.17, 15) is 9.59 Å². The second-order valence-corrected chi connectivity index (χ2v) is 5.89. The van der Waals surface area contributed by atoms with Crippen LogP contribution in [0.15, 0.2) is 42.5 Å². The quantitative estimate of drug-likeness (QED) is 0.593. The maximum absolute atomic E-state index is 11.7. The zero-order valence-electron chi connectivity index (χ0n) is 13.1. The van der Waals surface area contributed by atoms with Crippen molar-refractivity contribution < 1.29 is 14.3 Å². The second kappa shape index (κ2) is 8.71. The molecule has 0 aliphatic rings. The first-order valence-corrected chi connectivity index (χ1v) is 8.30. The van der Waals surface area contributed by atoms with E-state index >= 15 is 0 Å². The SMILES string of the molecule is COC(=O)c1ccc(-c2ccc(NC(=O)CCCCl)cc2Cl)cc1. The summed E-state index contributed by atoms with van der Waals surface area (Å²) in [6.07, 6.45) is 1.00. The summed E-state index contributed by atoms with van der Waals surface area (Å²) in [5.41, 5.74) is 2.79. The molecular weight excluding hydrogens is 349 g/mol. The van der Waals surface area contributed by atoms with E-state index < -0.39 is 0 Å². The highest BCUT2D eigenvalue weighted by Crippen LogP contribution is 2.30. The fraction of sp³-hybridized carbons (Fsp3) is 0.222. The maximum Gasteiger partial charge on any atom is 0.337 e. The number of amides is 1. The van der Waals surface area contributed by atoms with Crippen LogP contribution in [0, 0.1) is 0 Å². The first kappa shape index (κ1) is 18.3. The summed E-state index contributed by atoms with van der Waals surface area (Å²) in [4.78, 5) is 23.2. The molecule has 0 fully saturated rings. The molecule has 0 aliphatic heterocycles. The Morgan fingerprint density at radius 1 is 1.12 bits per heavy atom. The lowest BCUT2D eigenvalue weighted by molar-refractivity contribution is -0.116. The second-order valence-electron chi connectivity index (χ2n) is 5.10. The Hall–Kier alpha value is -2.04. The van der Waals surface area contributed by atoms with Crippen molar-refractivity contribution in [3.8, 4) is 11.1 Å². The summed E-state index contributed by atoms with van der Waals surface area (Å²) in [5, 5.41) is 3.29. The van der Waals surface area contributed by atoms with Gasteiger partial charge in [-0.05, 0) is 36.2 Å². The third kappa shape index (κ3) is 4.73. The molecule has 0 spiro atoms. The topological polar surface area (TPSA) is 55.4 Å². The molecule has 2 aromatic rings. The van der Waals surface area contributed by atoms with Crippen molar-refractivity contribution in [1.29, 1.82) is 0 Å². The van der Waals surface area contributed by atoms with Crippen LogP contribution in [-0.4, -0.2) is 24.9 Å².